The van der Waals surface area contributed by atoms with E-state index in [0.717, 1.165) is 12.8 Å². The summed E-state index contributed by atoms with van der Waals surface area (Å²) in [6, 6.07) is 10.2. The molecular weight excluding hydrogens is 198 g/mol. The van der Waals surface area contributed by atoms with Crippen LogP contribution in [0.2, 0.25) is 0 Å². The number of hydrogen-bond acceptors (Lipinski definition) is 1. The van der Waals surface area contributed by atoms with Gasteiger partial charge < -0.3 is 5.32 Å². The molecule has 0 saturated heterocycles. The molecule has 1 aromatic carbocycles. The van der Waals surface area contributed by atoms with Crippen molar-refractivity contribution in [3.8, 4) is 0 Å². The summed E-state index contributed by atoms with van der Waals surface area (Å²) in [6.45, 7) is 5.84. The maximum absolute atomic E-state index is 12.0. The van der Waals surface area contributed by atoms with Gasteiger partial charge in [0.25, 0.3) is 0 Å². The van der Waals surface area contributed by atoms with Gasteiger partial charge in [-0.05, 0) is 18.4 Å². The Morgan fingerprint density at radius 3 is 2.19 bits per heavy atom. The van der Waals surface area contributed by atoms with E-state index in [-0.39, 0.29) is 16.9 Å². The van der Waals surface area contributed by atoms with Crippen LogP contribution in [0.4, 0.5) is 0 Å². The van der Waals surface area contributed by atoms with Crippen molar-refractivity contribution in [3.05, 3.63) is 35.9 Å². The van der Waals surface area contributed by atoms with Crippen molar-refractivity contribution in [2.45, 2.75) is 39.2 Å². The normalized spacial score (nSPS) is 17.9. The summed E-state index contributed by atoms with van der Waals surface area (Å²) >= 11 is 0. The van der Waals surface area contributed by atoms with Crippen LogP contribution in [-0.4, -0.2) is 5.91 Å². The fourth-order valence-corrected chi connectivity index (χ4v) is 1.77. The minimum absolute atomic E-state index is 0.0778. The van der Waals surface area contributed by atoms with E-state index < -0.39 is 0 Å². The lowest BCUT2D eigenvalue weighted by Crippen LogP contribution is -2.41. The van der Waals surface area contributed by atoms with E-state index >= 15 is 0 Å². The Labute approximate surface area is 97.1 Å². The molecule has 16 heavy (non-hydrogen) atoms. The molecular formula is C14H19NO. The smallest absolute Gasteiger partial charge is 0.226 e. The molecule has 0 atom stereocenters. The topological polar surface area (TPSA) is 29.1 Å². The molecule has 0 bridgehead atoms. The molecule has 0 aliphatic heterocycles. The lowest BCUT2D eigenvalue weighted by atomic mass is 9.94. The molecule has 2 nitrogen and oxygen atoms in total. The molecule has 1 N–H and O–H groups in total. The van der Waals surface area contributed by atoms with E-state index in [4.69, 9.17) is 0 Å². The van der Waals surface area contributed by atoms with E-state index in [2.05, 4.69) is 17.4 Å². The second-order valence-electron chi connectivity index (χ2n) is 5.65. The van der Waals surface area contributed by atoms with Crippen molar-refractivity contribution in [3.63, 3.8) is 0 Å². The van der Waals surface area contributed by atoms with Crippen molar-refractivity contribution in [2.24, 2.45) is 5.41 Å². The molecule has 0 spiro atoms. The molecule has 2 rings (SSSR count). The summed E-state index contributed by atoms with van der Waals surface area (Å²) in [4.78, 5) is 12.0. The van der Waals surface area contributed by atoms with Crippen LogP contribution in [0.5, 0.6) is 0 Å². The van der Waals surface area contributed by atoms with E-state index in [9.17, 15) is 4.79 Å². The number of nitrogens with one attached hydrogen (secondary N) is 1. The molecule has 2 heteroatoms. The van der Waals surface area contributed by atoms with E-state index in [1.165, 1.54) is 5.56 Å². The maximum atomic E-state index is 12.0. The average molecular weight is 217 g/mol. The van der Waals surface area contributed by atoms with Crippen LogP contribution in [0.1, 0.15) is 39.2 Å². The van der Waals surface area contributed by atoms with Crippen LogP contribution in [0.15, 0.2) is 30.3 Å². The summed E-state index contributed by atoms with van der Waals surface area (Å²) in [5, 5.41) is 3.18. The Morgan fingerprint density at radius 1 is 1.19 bits per heavy atom. The Kier molecular flexibility index (Phi) is 2.53. The van der Waals surface area contributed by atoms with Crippen LogP contribution in [0.25, 0.3) is 0 Å². The molecule has 1 aliphatic rings. The zero-order valence-electron chi connectivity index (χ0n) is 10.2. The molecule has 0 aromatic heterocycles. The van der Waals surface area contributed by atoms with Gasteiger partial charge in [-0.25, -0.2) is 0 Å². The lowest BCUT2D eigenvalue weighted by Gasteiger charge is -2.24. The Balaban J connectivity index is 2.14. The summed E-state index contributed by atoms with van der Waals surface area (Å²) in [7, 11) is 0. The molecule has 0 heterocycles. The highest BCUT2D eigenvalue weighted by molar-refractivity contribution is 5.82. The highest BCUT2D eigenvalue weighted by Crippen LogP contribution is 2.45. The van der Waals surface area contributed by atoms with E-state index in [1.807, 2.05) is 39.0 Å². The SMILES string of the molecule is CC(C)(C)C(=O)NC1(c2ccccc2)CC1. The first-order valence-electron chi connectivity index (χ1n) is 5.82. The summed E-state index contributed by atoms with van der Waals surface area (Å²) in [6.07, 6.45) is 2.11. The summed E-state index contributed by atoms with van der Waals surface area (Å²) in [5.41, 5.74) is 0.836. The molecule has 86 valence electrons. The summed E-state index contributed by atoms with van der Waals surface area (Å²) in [5.74, 6) is 0.133. The first-order chi connectivity index (χ1) is 7.44. The third-order valence-electron chi connectivity index (χ3n) is 3.11. The van der Waals surface area contributed by atoms with Crippen molar-refractivity contribution in [1.29, 1.82) is 0 Å². The zero-order valence-corrected chi connectivity index (χ0v) is 10.2. The van der Waals surface area contributed by atoms with E-state index in [0.29, 0.717) is 0 Å². The second kappa shape index (κ2) is 3.62. The fraction of sp³-hybridized carbons (Fsp3) is 0.500. The Morgan fingerprint density at radius 2 is 1.75 bits per heavy atom. The molecule has 1 fully saturated rings. The summed E-state index contributed by atoms with van der Waals surface area (Å²) < 4.78 is 0. The quantitative estimate of drug-likeness (QED) is 0.811. The minimum atomic E-state index is -0.315. The third kappa shape index (κ3) is 2.11. The first-order valence-corrected chi connectivity index (χ1v) is 5.82. The number of carbonyl (C=O) groups excluding carboxylic acids is 1. The molecule has 0 unspecified atom stereocenters. The third-order valence-corrected chi connectivity index (χ3v) is 3.11. The number of carbonyl (C=O) groups is 1. The van der Waals surface area contributed by atoms with Gasteiger partial charge in [0.15, 0.2) is 0 Å². The van der Waals surface area contributed by atoms with Gasteiger partial charge in [-0.1, -0.05) is 51.1 Å². The van der Waals surface area contributed by atoms with Gasteiger partial charge in [0, 0.05) is 5.41 Å². The van der Waals surface area contributed by atoms with Gasteiger partial charge in [-0.15, -0.1) is 0 Å². The Bertz CT molecular complexity index is 385. The van der Waals surface area contributed by atoms with Crippen LogP contribution in [0, 0.1) is 5.41 Å². The monoisotopic (exact) mass is 217 g/mol. The minimum Gasteiger partial charge on any atom is -0.346 e. The van der Waals surface area contributed by atoms with Crippen LogP contribution in [0.3, 0.4) is 0 Å². The number of rotatable bonds is 2. The lowest BCUT2D eigenvalue weighted by molar-refractivity contribution is -0.129. The van der Waals surface area contributed by atoms with E-state index in [1.54, 1.807) is 0 Å². The predicted molar refractivity (Wildman–Crippen MR) is 65.0 cm³/mol. The van der Waals surface area contributed by atoms with Crippen LogP contribution >= 0.6 is 0 Å². The number of benzene rings is 1. The molecule has 1 aliphatic carbocycles. The van der Waals surface area contributed by atoms with Crippen molar-refractivity contribution in [2.75, 3.05) is 0 Å². The highest BCUT2D eigenvalue weighted by Gasteiger charge is 2.46. The van der Waals surface area contributed by atoms with Crippen molar-refractivity contribution in [1.82, 2.24) is 5.32 Å². The van der Waals surface area contributed by atoms with Gasteiger partial charge in [0.1, 0.15) is 0 Å². The molecule has 1 saturated carbocycles. The largest absolute Gasteiger partial charge is 0.346 e. The average Bonchev–Trinajstić information content (AvgIpc) is 2.99. The number of hydrogen-bond donors (Lipinski definition) is 1. The second-order valence-corrected chi connectivity index (χ2v) is 5.65. The van der Waals surface area contributed by atoms with Crippen molar-refractivity contribution < 1.29 is 4.79 Å². The maximum Gasteiger partial charge on any atom is 0.226 e. The van der Waals surface area contributed by atoms with Gasteiger partial charge in [0.2, 0.25) is 5.91 Å². The predicted octanol–water partition coefficient (Wildman–Crippen LogP) is 2.84. The highest BCUT2D eigenvalue weighted by atomic mass is 16.2. The first kappa shape index (κ1) is 11.2. The van der Waals surface area contributed by atoms with Gasteiger partial charge in [-0.3, -0.25) is 4.79 Å². The van der Waals surface area contributed by atoms with Gasteiger partial charge >= 0.3 is 0 Å². The van der Waals surface area contributed by atoms with Crippen molar-refractivity contribution >= 4 is 5.91 Å². The zero-order chi connectivity index (χ0) is 11.8. The molecule has 1 amide bonds. The molecule has 1 aromatic rings. The van der Waals surface area contributed by atoms with Crippen LogP contribution in [-0.2, 0) is 10.3 Å². The Hall–Kier alpha value is -1.31. The number of amides is 1. The van der Waals surface area contributed by atoms with Gasteiger partial charge in [-0.2, -0.15) is 0 Å². The van der Waals surface area contributed by atoms with Gasteiger partial charge in [0.05, 0.1) is 5.54 Å². The fourth-order valence-electron chi connectivity index (χ4n) is 1.77. The van der Waals surface area contributed by atoms with Crippen LogP contribution < -0.4 is 5.32 Å². The molecule has 0 radical (unpaired) electrons. The standard InChI is InChI=1S/C14H19NO/c1-13(2,3)12(16)15-14(9-10-14)11-7-5-4-6-8-11/h4-8H,9-10H2,1-3H3,(H,15,16).